The number of carbonyl (C=O) groups excluding carboxylic acids is 1. The van der Waals surface area contributed by atoms with E-state index in [1.165, 1.54) is 4.31 Å². The SMILES string of the molecule is CNC1CCN(C(=O)C2CCN(S(=O)(=O)c3ccc(C)c(C)c3)CC2)CC1.Cl. The first-order chi connectivity index (χ1) is 12.8. The number of nitrogens with zero attached hydrogens (tertiary/aromatic N) is 2. The summed E-state index contributed by atoms with van der Waals surface area (Å²) in [6.45, 7) is 6.33. The second-order valence-electron chi connectivity index (χ2n) is 7.81. The Morgan fingerprint density at radius 1 is 1.00 bits per heavy atom. The summed E-state index contributed by atoms with van der Waals surface area (Å²) >= 11 is 0. The molecule has 0 saturated carbocycles. The van der Waals surface area contributed by atoms with Crippen molar-refractivity contribution < 1.29 is 13.2 Å². The van der Waals surface area contributed by atoms with Gasteiger partial charge in [0.2, 0.25) is 15.9 Å². The lowest BCUT2D eigenvalue weighted by Gasteiger charge is -2.37. The average molecular weight is 430 g/mol. The summed E-state index contributed by atoms with van der Waals surface area (Å²) in [6, 6.07) is 5.78. The Morgan fingerprint density at radius 3 is 2.14 bits per heavy atom. The third-order valence-corrected chi connectivity index (χ3v) is 8.03. The Labute approximate surface area is 175 Å². The van der Waals surface area contributed by atoms with Crippen molar-refractivity contribution in [3.63, 3.8) is 0 Å². The number of nitrogens with one attached hydrogen (secondary N) is 1. The molecule has 0 atom stereocenters. The largest absolute Gasteiger partial charge is 0.342 e. The second-order valence-corrected chi connectivity index (χ2v) is 9.75. The van der Waals surface area contributed by atoms with E-state index in [0.717, 1.165) is 37.1 Å². The number of benzene rings is 1. The van der Waals surface area contributed by atoms with Crippen LogP contribution in [0.3, 0.4) is 0 Å². The maximum atomic E-state index is 12.9. The van der Waals surface area contributed by atoms with E-state index in [2.05, 4.69) is 5.32 Å². The first-order valence-electron chi connectivity index (χ1n) is 9.86. The minimum Gasteiger partial charge on any atom is -0.342 e. The maximum absolute atomic E-state index is 12.9. The minimum absolute atomic E-state index is 0. The highest BCUT2D eigenvalue weighted by Gasteiger charge is 2.34. The van der Waals surface area contributed by atoms with Gasteiger partial charge in [0.1, 0.15) is 0 Å². The van der Waals surface area contributed by atoms with Crippen LogP contribution in [0.1, 0.15) is 36.8 Å². The molecule has 2 heterocycles. The number of piperidine rings is 2. The van der Waals surface area contributed by atoms with Crippen molar-refractivity contribution in [3.8, 4) is 0 Å². The van der Waals surface area contributed by atoms with Crippen LogP contribution in [0.15, 0.2) is 23.1 Å². The molecule has 2 aliphatic rings. The van der Waals surface area contributed by atoms with Gasteiger partial charge in [-0.05, 0) is 69.8 Å². The normalized spacial score (nSPS) is 20.0. The van der Waals surface area contributed by atoms with E-state index in [9.17, 15) is 13.2 Å². The van der Waals surface area contributed by atoms with E-state index < -0.39 is 10.0 Å². The Hall–Kier alpha value is -1.15. The van der Waals surface area contributed by atoms with Gasteiger partial charge in [-0.3, -0.25) is 4.79 Å². The van der Waals surface area contributed by atoms with Crippen molar-refractivity contribution in [3.05, 3.63) is 29.3 Å². The van der Waals surface area contributed by atoms with Crippen LogP contribution in [0.2, 0.25) is 0 Å². The molecule has 1 aromatic rings. The molecule has 2 fully saturated rings. The molecule has 0 aliphatic carbocycles. The third-order valence-electron chi connectivity index (χ3n) is 6.13. The fourth-order valence-corrected chi connectivity index (χ4v) is 5.57. The number of hydrogen-bond donors (Lipinski definition) is 1. The summed E-state index contributed by atoms with van der Waals surface area (Å²) in [5.41, 5.74) is 2.06. The summed E-state index contributed by atoms with van der Waals surface area (Å²) in [4.78, 5) is 15.1. The van der Waals surface area contributed by atoms with E-state index in [0.29, 0.717) is 36.9 Å². The van der Waals surface area contributed by atoms with Gasteiger partial charge < -0.3 is 10.2 Å². The Morgan fingerprint density at radius 2 is 1.61 bits per heavy atom. The number of sulfonamides is 1. The summed E-state index contributed by atoms with van der Waals surface area (Å²) in [7, 11) is -1.52. The van der Waals surface area contributed by atoms with Crippen LogP contribution >= 0.6 is 12.4 Å². The smallest absolute Gasteiger partial charge is 0.243 e. The molecule has 0 aromatic heterocycles. The Balaban J connectivity index is 0.00000280. The highest BCUT2D eigenvalue weighted by Crippen LogP contribution is 2.27. The zero-order valence-electron chi connectivity index (χ0n) is 17.0. The molecule has 1 N–H and O–H groups in total. The highest BCUT2D eigenvalue weighted by molar-refractivity contribution is 7.89. The van der Waals surface area contributed by atoms with Gasteiger partial charge in [0, 0.05) is 38.1 Å². The maximum Gasteiger partial charge on any atom is 0.243 e. The lowest BCUT2D eigenvalue weighted by Crippen LogP contribution is -2.48. The summed E-state index contributed by atoms with van der Waals surface area (Å²) in [5.74, 6) is 0.148. The van der Waals surface area contributed by atoms with Crippen LogP contribution < -0.4 is 5.32 Å². The van der Waals surface area contributed by atoms with Crippen LogP contribution in [0, 0.1) is 19.8 Å². The van der Waals surface area contributed by atoms with Gasteiger partial charge in [0.15, 0.2) is 0 Å². The van der Waals surface area contributed by atoms with Crippen molar-refractivity contribution in [1.82, 2.24) is 14.5 Å². The number of carbonyl (C=O) groups is 1. The molecular formula is C20H32ClN3O3S. The molecule has 3 rings (SSSR count). The van der Waals surface area contributed by atoms with Gasteiger partial charge in [-0.25, -0.2) is 8.42 Å². The van der Waals surface area contributed by atoms with Crippen LogP contribution in [0.5, 0.6) is 0 Å². The molecule has 2 saturated heterocycles. The van der Waals surface area contributed by atoms with E-state index in [1.807, 2.05) is 31.9 Å². The first kappa shape index (κ1) is 23.1. The molecule has 158 valence electrons. The molecule has 1 aromatic carbocycles. The number of halogens is 1. The summed E-state index contributed by atoms with van der Waals surface area (Å²) in [6.07, 6.45) is 3.19. The van der Waals surface area contributed by atoms with Crippen molar-refractivity contribution in [2.75, 3.05) is 33.2 Å². The Bertz CT molecular complexity index is 784. The van der Waals surface area contributed by atoms with Crippen molar-refractivity contribution in [2.24, 2.45) is 5.92 Å². The standard InChI is InChI=1S/C20H31N3O3S.ClH/c1-15-4-5-19(14-16(15)2)27(25,26)23-12-6-17(7-13-23)20(24)22-10-8-18(21-3)9-11-22;/h4-5,14,17-18,21H,6-13H2,1-3H3;1H. The highest BCUT2D eigenvalue weighted by atomic mass is 35.5. The van der Waals surface area contributed by atoms with Gasteiger partial charge in [-0.15, -0.1) is 12.4 Å². The molecule has 0 spiro atoms. The predicted molar refractivity (Wildman–Crippen MR) is 113 cm³/mol. The third kappa shape index (κ3) is 4.87. The monoisotopic (exact) mass is 429 g/mol. The molecule has 1 amide bonds. The van der Waals surface area contributed by atoms with Crippen LogP contribution in [-0.2, 0) is 14.8 Å². The number of likely N-dealkylation sites (tertiary alicyclic amines) is 1. The van der Waals surface area contributed by atoms with Gasteiger partial charge >= 0.3 is 0 Å². The van der Waals surface area contributed by atoms with E-state index in [4.69, 9.17) is 0 Å². The van der Waals surface area contributed by atoms with Crippen molar-refractivity contribution in [2.45, 2.75) is 50.5 Å². The summed E-state index contributed by atoms with van der Waals surface area (Å²) in [5, 5.41) is 3.28. The fourth-order valence-electron chi connectivity index (χ4n) is 4.01. The first-order valence-corrected chi connectivity index (χ1v) is 11.3. The molecule has 8 heteroatoms. The van der Waals surface area contributed by atoms with Gasteiger partial charge in [0.05, 0.1) is 4.90 Å². The number of aryl methyl sites for hydroxylation is 2. The molecule has 2 aliphatic heterocycles. The number of amides is 1. The zero-order chi connectivity index (χ0) is 19.6. The fraction of sp³-hybridized carbons (Fsp3) is 0.650. The van der Waals surface area contributed by atoms with E-state index in [-0.39, 0.29) is 24.2 Å². The zero-order valence-corrected chi connectivity index (χ0v) is 18.6. The van der Waals surface area contributed by atoms with Crippen LogP contribution in [0.25, 0.3) is 0 Å². The van der Waals surface area contributed by atoms with Crippen molar-refractivity contribution in [1.29, 1.82) is 0 Å². The van der Waals surface area contributed by atoms with Gasteiger partial charge in [0.25, 0.3) is 0 Å². The minimum atomic E-state index is -3.49. The molecule has 6 nitrogen and oxygen atoms in total. The predicted octanol–water partition coefficient (Wildman–Crippen LogP) is 2.34. The molecule has 0 bridgehead atoms. The van der Waals surface area contributed by atoms with E-state index >= 15 is 0 Å². The quantitative estimate of drug-likeness (QED) is 0.797. The van der Waals surface area contributed by atoms with Gasteiger partial charge in [-0.2, -0.15) is 4.31 Å². The van der Waals surface area contributed by atoms with Gasteiger partial charge in [-0.1, -0.05) is 6.07 Å². The number of rotatable bonds is 4. The average Bonchev–Trinajstić information content (AvgIpc) is 2.69. The lowest BCUT2D eigenvalue weighted by molar-refractivity contribution is -0.137. The lowest BCUT2D eigenvalue weighted by atomic mass is 9.95. The summed E-state index contributed by atoms with van der Waals surface area (Å²) < 4.78 is 27.4. The topological polar surface area (TPSA) is 69.7 Å². The molecular weight excluding hydrogens is 398 g/mol. The second kappa shape index (κ2) is 9.57. The molecule has 0 radical (unpaired) electrons. The van der Waals surface area contributed by atoms with Crippen LogP contribution in [-0.4, -0.2) is 62.8 Å². The number of hydrogen-bond acceptors (Lipinski definition) is 4. The van der Waals surface area contributed by atoms with Crippen molar-refractivity contribution >= 4 is 28.3 Å². The Kier molecular flexibility index (Phi) is 7.90. The molecule has 0 unspecified atom stereocenters. The van der Waals surface area contributed by atoms with E-state index in [1.54, 1.807) is 12.1 Å². The molecule has 28 heavy (non-hydrogen) atoms. The van der Waals surface area contributed by atoms with Crippen LogP contribution in [0.4, 0.5) is 0 Å².